The Morgan fingerprint density at radius 1 is 1.36 bits per heavy atom. The average molecular weight is 356 g/mol. The summed E-state index contributed by atoms with van der Waals surface area (Å²) >= 11 is 1.58. The minimum absolute atomic E-state index is 0.0551. The quantitative estimate of drug-likeness (QED) is 0.836. The van der Waals surface area contributed by atoms with Crippen LogP contribution in [0, 0.1) is 0 Å². The van der Waals surface area contributed by atoms with E-state index in [0.717, 1.165) is 29.0 Å². The van der Waals surface area contributed by atoms with E-state index in [-0.39, 0.29) is 18.4 Å². The summed E-state index contributed by atoms with van der Waals surface area (Å²) in [6.07, 6.45) is 5.16. The lowest BCUT2D eigenvalue weighted by Gasteiger charge is -2.29. The van der Waals surface area contributed by atoms with Crippen molar-refractivity contribution in [3.8, 4) is 0 Å². The highest BCUT2D eigenvalue weighted by Gasteiger charge is 2.22. The highest BCUT2D eigenvalue weighted by atomic mass is 32.1. The third kappa shape index (κ3) is 4.35. The van der Waals surface area contributed by atoms with Gasteiger partial charge >= 0.3 is 0 Å². The SMILES string of the molecule is COCC(=O)N1CCCc2ccc(NC(=O)C=Cc3cccs3)cc21. The van der Waals surface area contributed by atoms with E-state index in [0.29, 0.717) is 12.2 Å². The van der Waals surface area contributed by atoms with Crippen molar-refractivity contribution >= 4 is 40.6 Å². The number of aryl methyl sites for hydroxylation is 1. The number of fused-ring (bicyclic) bond motifs is 1. The Kier molecular flexibility index (Phi) is 5.63. The van der Waals surface area contributed by atoms with Gasteiger partial charge in [-0.1, -0.05) is 12.1 Å². The van der Waals surface area contributed by atoms with E-state index in [1.165, 1.54) is 13.2 Å². The number of thiophene rings is 1. The van der Waals surface area contributed by atoms with Gasteiger partial charge in [-0.2, -0.15) is 0 Å². The van der Waals surface area contributed by atoms with E-state index < -0.39 is 0 Å². The zero-order chi connectivity index (χ0) is 17.6. The molecule has 0 atom stereocenters. The highest BCUT2D eigenvalue weighted by Crippen LogP contribution is 2.30. The molecule has 0 saturated heterocycles. The Balaban J connectivity index is 1.74. The van der Waals surface area contributed by atoms with Crippen LogP contribution in [0.2, 0.25) is 0 Å². The van der Waals surface area contributed by atoms with Crippen LogP contribution in [0.5, 0.6) is 0 Å². The minimum atomic E-state index is -0.195. The second-order valence-electron chi connectivity index (χ2n) is 5.76. The molecule has 0 unspecified atom stereocenters. The molecule has 25 heavy (non-hydrogen) atoms. The molecule has 2 amide bonds. The van der Waals surface area contributed by atoms with Gasteiger partial charge in [0.2, 0.25) is 5.91 Å². The summed E-state index contributed by atoms with van der Waals surface area (Å²) in [6.45, 7) is 0.727. The fraction of sp³-hybridized carbons (Fsp3) is 0.263. The van der Waals surface area contributed by atoms with Gasteiger partial charge in [0.15, 0.2) is 0 Å². The Morgan fingerprint density at radius 2 is 2.24 bits per heavy atom. The molecule has 0 aliphatic carbocycles. The fourth-order valence-corrected chi connectivity index (χ4v) is 3.46. The summed E-state index contributed by atoms with van der Waals surface area (Å²) < 4.78 is 4.96. The Morgan fingerprint density at radius 3 is 3.00 bits per heavy atom. The van der Waals surface area contributed by atoms with Crippen LogP contribution in [-0.4, -0.2) is 32.1 Å². The maximum atomic E-state index is 12.2. The average Bonchev–Trinajstić information content (AvgIpc) is 3.13. The molecule has 5 nitrogen and oxygen atoms in total. The van der Waals surface area contributed by atoms with Crippen LogP contribution in [0.4, 0.5) is 11.4 Å². The fourth-order valence-electron chi connectivity index (χ4n) is 2.84. The number of hydrogen-bond acceptors (Lipinski definition) is 4. The Hall–Kier alpha value is -2.44. The number of amides is 2. The molecule has 0 fully saturated rings. The molecule has 0 bridgehead atoms. The Bertz CT molecular complexity index is 784. The smallest absolute Gasteiger partial charge is 0.252 e. The van der Waals surface area contributed by atoms with E-state index in [2.05, 4.69) is 5.32 Å². The molecule has 1 N–H and O–H groups in total. The summed E-state index contributed by atoms with van der Waals surface area (Å²) in [7, 11) is 1.51. The van der Waals surface area contributed by atoms with Crippen LogP contribution in [0.1, 0.15) is 16.9 Å². The van der Waals surface area contributed by atoms with Crippen LogP contribution < -0.4 is 10.2 Å². The first-order valence-electron chi connectivity index (χ1n) is 8.12. The molecule has 1 aliphatic rings. The molecule has 1 aliphatic heterocycles. The predicted molar refractivity (Wildman–Crippen MR) is 101 cm³/mol. The van der Waals surface area contributed by atoms with Gasteiger partial charge in [-0.3, -0.25) is 9.59 Å². The summed E-state index contributed by atoms with van der Waals surface area (Å²) in [5.74, 6) is -0.261. The second kappa shape index (κ2) is 8.09. The molecule has 0 saturated carbocycles. The first-order valence-corrected chi connectivity index (χ1v) is 9.00. The monoisotopic (exact) mass is 356 g/mol. The number of nitrogens with one attached hydrogen (secondary N) is 1. The lowest BCUT2D eigenvalue weighted by Crippen LogP contribution is -2.37. The molecule has 0 radical (unpaired) electrons. The van der Waals surface area contributed by atoms with Crippen molar-refractivity contribution in [1.82, 2.24) is 0 Å². The molecule has 2 heterocycles. The van der Waals surface area contributed by atoms with Crippen LogP contribution in [0.3, 0.4) is 0 Å². The van der Waals surface area contributed by atoms with Crippen LogP contribution >= 0.6 is 11.3 Å². The standard InChI is InChI=1S/C19H20N2O3S/c1-24-13-19(23)21-10-2-4-14-6-7-15(12-17(14)21)20-18(22)9-8-16-5-3-11-25-16/h3,5-9,11-12H,2,4,10,13H2,1H3,(H,20,22). The molecule has 1 aromatic carbocycles. The number of hydrogen-bond donors (Lipinski definition) is 1. The summed E-state index contributed by atoms with van der Waals surface area (Å²) in [4.78, 5) is 27.1. The number of ether oxygens (including phenoxy) is 1. The molecule has 3 rings (SSSR count). The molecular weight excluding hydrogens is 336 g/mol. The van der Waals surface area contributed by atoms with E-state index >= 15 is 0 Å². The number of methoxy groups -OCH3 is 1. The highest BCUT2D eigenvalue weighted by molar-refractivity contribution is 7.10. The van der Waals surface area contributed by atoms with Crippen molar-refractivity contribution in [2.75, 3.05) is 30.5 Å². The van der Waals surface area contributed by atoms with E-state index in [4.69, 9.17) is 4.74 Å². The van der Waals surface area contributed by atoms with Gasteiger partial charge in [0.25, 0.3) is 5.91 Å². The topological polar surface area (TPSA) is 58.6 Å². The van der Waals surface area contributed by atoms with Gasteiger partial charge < -0.3 is 15.0 Å². The van der Waals surface area contributed by atoms with Crippen molar-refractivity contribution < 1.29 is 14.3 Å². The number of benzene rings is 1. The first kappa shape index (κ1) is 17.4. The van der Waals surface area contributed by atoms with Crippen molar-refractivity contribution in [3.05, 3.63) is 52.2 Å². The van der Waals surface area contributed by atoms with Gasteiger partial charge in [-0.05, 0) is 48.1 Å². The van der Waals surface area contributed by atoms with Crippen molar-refractivity contribution in [2.24, 2.45) is 0 Å². The summed E-state index contributed by atoms with van der Waals surface area (Å²) in [6, 6.07) is 9.60. The third-order valence-electron chi connectivity index (χ3n) is 3.98. The summed E-state index contributed by atoms with van der Waals surface area (Å²) in [5, 5.41) is 4.82. The molecule has 2 aromatic rings. The Labute approximate surface area is 150 Å². The molecule has 6 heteroatoms. The number of anilines is 2. The molecule has 0 spiro atoms. The lowest BCUT2D eigenvalue weighted by molar-refractivity contribution is -0.122. The van der Waals surface area contributed by atoms with Gasteiger partial charge in [-0.25, -0.2) is 0 Å². The zero-order valence-electron chi connectivity index (χ0n) is 14.0. The van der Waals surface area contributed by atoms with Crippen molar-refractivity contribution in [1.29, 1.82) is 0 Å². The van der Waals surface area contributed by atoms with Crippen molar-refractivity contribution in [2.45, 2.75) is 12.8 Å². The number of carbonyl (C=O) groups excluding carboxylic acids is 2. The molecule has 130 valence electrons. The van der Waals surface area contributed by atoms with Crippen LogP contribution in [0.15, 0.2) is 41.8 Å². The van der Waals surface area contributed by atoms with Gasteiger partial charge in [-0.15, -0.1) is 11.3 Å². The number of rotatable bonds is 5. The predicted octanol–water partition coefficient (Wildman–Crippen LogP) is 3.33. The van der Waals surface area contributed by atoms with Gasteiger partial charge in [0.05, 0.1) is 0 Å². The number of nitrogens with zero attached hydrogens (tertiary/aromatic N) is 1. The first-order chi connectivity index (χ1) is 12.2. The number of carbonyl (C=O) groups is 2. The largest absolute Gasteiger partial charge is 0.375 e. The van der Waals surface area contributed by atoms with E-state index in [1.54, 1.807) is 22.3 Å². The minimum Gasteiger partial charge on any atom is -0.375 e. The maximum Gasteiger partial charge on any atom is 0.252 e. The van der Waals surface area contributed by atoms with Crippen LogP contribution in [-0.2, 0) is 20.7 Å². The normalized spacial score (nSPS) is 13.7. The van der Waals surface area contributed by atoms with E-state index in [9.17, 15) is 9.59 Å². The molecule has 1 aromatic heterocycles. The lowest BCUT2D eigenvalue weighted by atomic mass is 10.0. The third-order valence-corrected chi connectivity index (χ3v) is 4.82. The van der Waals surface area contributed by atoms with Gasteiger partial charge in [0.1, 0.15) is 6.61 Å². The zero-order valence-corrected chi connectivity index (χ0v) is 14.8. The van der Waals surface area contributed by atoms with Gasteiger partial charge in [0, 0.05) is 36.0 Å². The molecular formula is C19H20N2O3S. The summed E-state index contributed by atoms with van der Waals surface area (Å²) in [5.41, 5.74) is 2.65. The maximum absolute atomic E-state index is 12.2. The van der Waals surface area contributed by atoms with Crippen molar-refractivity contribution in [3.63, 3.8) is 0 Å². The van der Waals surface area contributed by atoms with E-state index in [1.807, 2.05) is 35.7 Å². The van der Waals surface area contributed by atoms with Crippen LogP contribution in [0.25, 0.3) is 6.08 Å². The second-order valence-corrected chi connectivity index (χ2v) is 6.74.